The minimum atomic E-state index is -0.0535. The van der Waals surface area contributed by atoms with Gasteiger partial charge < -0.3 is 5.32 Å². The Bertz CT molecular complexity index is 574. The first-order valence-electron chi connectivity index (χ1n) is 6.74. The molecule has 1 aromatic heterocycles. The van der Waals surface area contributed by atoms with E-state index in [2.05, 4.69) is 31.1 Å². The summed E-state index contributed by atoms with van der Waals surface area (Å²) in [6.45, 7) is 6.99. The fraction of sp³-hybridized carbons (Fsp3) is 0.294. The van der Waals surface area contributed by atoms with Crippen LogP contribution in [0, 0.1) is 0 Å². The highest BCUT2D eigenvalue weighted by Gasteiger charge is 2.14. The van der Waals surface area contributed by atoms with E-state index in [1.807, 2.05) is 36.4 Å². The number of nitrogens with zero attached hydrogens (tertiary/aromatic N) is 1. The summed E-state index contributed by atoms with van der Waals surface area (Å²) in [6.07, 6.45) is 3.44. The first-order valence-corrected chi connectivity index (χ1v) is 6.74. The molecular weight excluding hydrogens is 248 g/mol. The molecule has 0 atom stereocenters. The lowest BCUT2D eigenvalue weighted by molar-refractivity contribution is 0.0951. The fourth-order valence-corrected chi connectivity index (χ4v) is 1.91. The predicted molar refractivity (Wildman–Crippen MR) is 82.7 cm³/mol. The van der Waals surface area contributed by atoms with Crippen LogP contribution in [-0.4, -0.2) is 10.9 Å². The van der Waals surface area contributed by atoms with Gasteiger partial charge in [0.25, 0.3) is 5.91 Å². The summed E-state index contributed by atoms with van der Waals surface area (Å²) in [5.74, 6) is -0.0535. The van der Waals surface area contributed by atoms with Crippen LogP contribution in [0.5, 0.6) is 0 Å². The number of carbonyl (C=O) groups excluding carboxylic acids is 1. The number of amides is 1. The molecule has 3 nitrogen and oxygen atoms in total. The van der Waals surface area contributed by atoms with Gasteiger partial charge in [0.15, 0.2) is 0 Å². The lowest BCUT2D eigenvalue weighted by Gasteiger charge is -2.19. The van der Waals surface area contributed by atoms with Crippen LogP contribution in [0.15, 0.2) is 48.8 Å². The summed E-state index contributed by atoms with van der Waals surface area (Å²) < 4.78 is 0. The Labute approximate surface area is 121 Å². The quantitative estimate of drug-likeness (QED) is 0.926. The maximum atomic E-state index is 12.1. The number of rotatable bonds is 3. The second-order valence-corrected chi connectivity index (χ2v) is 5.87. The normalized spacial score (nSPS) is 11.2. The largest absolute Gasteiger partial charge is 0.348 e. The van der Waals surface area contributed by atoms with Gasteiger partial charge in [0.2, 0.25) is 0 Å². The van der Waals surface area contributed by atoms with Crippen LogP contribution in [0.3, 0.4) is 0 Å². The van der Waals surface area contributed by atoms with Crippen LogP contribution in [0.1, 0.15) is 43.7 Å². The van der Waals surface area contributed by atoms with E-state index in [1.165, 1.54) is 5.56 Å². The molecule has 0 saturated heterocycles. The van der Waals surface area contributed by atoms with Crippen molar-refractivity contribution in [3.8, 4) is 0 Å². The molecule has 0 bridgehead atoms. The van der Waals surface area contributed by atoms with Crippen LogP contribution >= 0.6 is 0 Å². The lowest BCUT2D eigenvalue weighted by atomic mass is 9.87. The molecule has 2 aromatic rings. The van der Waals surface area contributed by atoms with Crippen molar-refractivity contribution in [3.05, 3.63) is 65.5 Å². The van der Waals surface area contributed by atoms with Gasteiger partial charge in [-0.25, -0.2) is 0 Å². The fourth-order valence-electron chi connectivity index (χ4n) is 1.91. The monoisotopic (exact) mass is 270 g/mol. The number of benzene rings is 1. The maximum Gasteiger partial charge on any atom is 0.251 e. The molecule has 1 amide bonds. The Hall–Kier alpha value is -2.16. The highest BCUT2D eigenvalue weighted by atomic mass is 16.1. The SMILES string of the molecule is CC(C)(C)c1ccc(C(=O)NCc2ccncc2)cc1.[HH]. The van der Waals surface area contributed by atoms with Gasteiger partial charge in [0, 0.05) is 25.9 Å². The molecule has 2 rings (SSSR count). The number of hydrogen-bond donors (Lipinski definition) is 1. The molecule has 0 aliphatic carbocycles. The minimum absolute atomic E-state index is 0. The number of nitrogens with one attached hydrogen (secondary N) is 1. The third-order valence-electron chi connectivity index (χ3n) is 3.22. The molecular formula is C17H22N2O. The van der Waals surface area contributed by atoms with Gasteiger partial charge in [0.05, 0.1) is 0 Å². The van der Waals surface area contributed by atoms with Gasteiger partial charge in [-0.3, -0.25) is 9.78 Å². The van der Waals surface area contributed by atoms with Crippen molar-refractivity contribution >= 4 is 5.91 Å². The number of pyridine rings is 1. The van der Waals surface area contributed by atoms with Crippen LogP contribution in [-0.2, 0) is 12.0 Å². The summed E-state index contributed by atoms with van der Waals surface area (Å²) in [4.78, 5) is 16.0. The second-order valence-electron chi connectivity index (χ2n) is 5.87. The van der Waals surface area contributed by atoms with E-state index in [-0.39, 0.29) is 12.7 Å². The Morgan fingerprint density at radius 3 is 2.25 bits per heavy atom. The summed E-state index contributed by atoms with van der Waals surface area (Å²) in [5.41, 5.74) is 3.06. The van der Waals surface area contributed by atoms with Crippen molar-refractivity contribution in [1.29, 1.82) is 0 Å². The lowest BCUT2D eigenvalue weighted by Crippen LogP contribution is -2.23. The van der Waals surface area contributed by atoms with Crippen LogP contribution < -0.4 is 5.32 Å². The first kappa shape index (κ1) is 14.3. The second kappa shape index (κ2) is 5.87. The predicted octanol–water partition coefficient (Wildman–Crippen LogP) is 3.56. The van der Waals surface area contributed by atoms with Crippen LogP contribution in [0.2, 0.25) is 0 Å². The summed E-state index contributed by atoms with van der Waals surface area (Å²) in [7, 11) is 0. The van der Waals surface area contributed by atoms with Gasteiger partial charge in [-0.1, -0.05) is 32.9 Å². The standard InChI is InChI=1S/C17H20N2O.H2/c1-17(2,3)15-6-4-14(5-7-15)16(20)19-12-13-8-10-18-11-9-13;/h4-11H,12H2,1-3H3,(H,19,20);1H. The van der Waals surface area contributed by atoms with Crippen molar-refractivity contribution in [1.82, 2.24) is 10.3 Å². The Balaban J connectivity index is 0.00000220. The number of aromatic nitrogens is 1. The molecule has 1 aromatic carbocycles. The van der Waals surface area contributed by atoms with Crippen molar-refractivity contribution in [2.45, 2.75) is 32.7 Å². The van der Waals surface area contributed by atoms with E-state index in [1.54, 1.807) is 12.4 Å². The molecule has 3 heteroatoms. The summed E-state index contributed by atoms with van der Waals surface area (Å²) >= 11 is 0. The van der Waals surface area contributed by atoms with E-state index >= 15 is 0 Å². The average molecular weight is 270 g/mol. The van der Waals surface area contributed by atoms with Crippen molar-refractivity contribution in [3.63, 3.8) is 0 Å². The molecule has 0 aliphatic rings. The molecule has 0 saturated carbocycles. The van der Waals surface area contributed by atoms with E-state index in [9.17, 15) is 4.79 Å². The number of hydrogen-bond acceptors (Lipinski definition) is 2. The van der Waals surface area contributed by atoms with Crippen molar-refractivity contribution < 1.29 is 6.22 Å². The van der Waals surface area contributed by atoms with E-state index in [0.29, 0.717) is 12.1 Å². The maximum absolute atomic E-state index is 12.1. The molecule has 106 valence electrons. The molecule has 1 N–H and O–H groups in total. The van der Waals surface area contributed by atoms with Crippen LogP contribution in [0.4, 0.5) is 0 Å². The van der Waals surface area contributed by atoms with E-state index in [4.69, 9.17) is 0 Å². The zero-order chi connectivity index (χ0) is 14.6. The minimum Gasteiger partial charge on any atom is -0.348 e. The Kier molecular flexibility index (Phi) is 4.18. The molecule has 0 fully saturated rings. The molecule has 1 heterocycles. The number of carbonyl (C=O) groups is 1. The molecule has 0 radical (unpaired) electrons. The Morgan fingerprint density at radius 2 is 1.70 bits per heavy atom. The highest BCUT2D eigenvalue weighted by Crippen LogP contribution is 2.22. The average Bonchev–Trinajstić information content (AvgIpc) is 2.45. The molecule has 20 heavy (non-hydrogen) atoms. The van der Waals surface area contributed by atoms with E-state index in [0.717, 1.165) is 5.56 Å². The van der Waals surface area contributed by atoms with Gasteiger partial charge >= 0.3 is 0 Å². The van der Waals surface area contributed by atoms with Crippen LogP contribution in [0.25, 0.3) is 0 Å². The Morgan fingerprint density at radius 1 is 1.10 bits per heavy atom. The summed E-state index contributed by atoms with van der Waals surface area (Å²) in [5, 5.41) is 2.91. The molecule has 0 spiro atoms. The van der Waals surface area contributed by atoms with Crippen molar-refractivity contribution in [2.24, 2.45) is 0 Å². The van der Waals surface area contributed by atoms with E-state index < -0.39 is 0 Å². The highest BCUT2D eigenvalue weighted by molar-refractivity contribution is 5.94. The van der Waals surface area contributed by atoms with Gasteiger partial charge in [0.1, 0.15) is 0 Å². The topological polar surface area (TPSA) is 42.0 Å². The summed E-state index contributed by atoms with van der Waals surface area (Å²) in [6, 6.07) is 11.6. The third-order valence-corrected chi connectivity index (χ3v) is 3.22. The van der Waals surface area contributed by atoms with Gasteiger partial charge in [-0.2, -0.15) is 0 Å². The zero-order valence-electron chi connectivity index (χ0n) is 12.2. The smallest absolute Gasteiger partial charge is 0.251 e. The zero-order valence-corrected chi connectivity index (χ0v) is 12.2. The third kappa shape index (κ3) is 3.67. The first-order chi connectivity index (χ1) is 9.47. The van der Waals surface area contributed by atoms with Gasteiger partial charge in [-0.15, -0.1) is 0 Å². The molecule has 0 aliphatic heterocycles. The van der Waals surface area contributed by atoms with Crippen molar-refractivity contribution in [2.75, 3.05) is 0 Å². The van der Waals surface area contributed by atoms with Gasteiger partial charge in [-0.05, 0) is 40.8 Å². The molecule has 0 unspecified atom stereocenters.